The molecule has 122 valence electrons. The molecule has 0 heterocycles. The molecule has 0 saturated heterocycles. The molecule has 0 fully saturated rings. The predicted octanol–water partition coefficient (Wildman–Crippen LogP) is 3.78. The van der Waals surface area contributed by atoms with Gasteiger partial charge in [0.1, 0.15) is 11.9 Å². The first-order valence-corrected chi connectivity index (χ1v) is 7.82. The number of allylic oxidation sites excluding steroid dienone is 4. The van der Waals surface area contributed by atoms with E-state index in [4.69, 9.17) is 0 Å². The monoisotopic (exact) mass is 304 g/mol. The van der Waals surface area contributed by atoms with Gasteiger partial charge < -0.3 is 5.11 Å². The summed E-state index contributed by atoms with van der Waals surface area (Å²) in [5.74, 6) is 0.495. The number of rotatable bonds is 5. The van der Waals surface area contributed by atoms with Crippen molar-refractivity contribution < 1.29 is 14.7 Å². The van der Waals surface area contributed by atoms with E-state index in [0.717, 1.165) is 23.0 Å². The molecule has 0 bridgehead atoms. The molecule has 0 radical (unpaired) electrons. The van der Waals surface area contributed by atoms with Gasteiger partial charge in [-0.15, -0.1) is 0 Å². The first-order valence-electron chi connectivity index (χ1n) is 7.82. The second-order valence-electron chi connectivity index (χ2n) is 7.33. The molecule has 0 aromatic carbocycles. The van der Waals surface area contributed by atoms with E-state index in [9.17, 15) is 14.7 Å². The van der Waals surface area contributed by atoms with E-state index >= 15 is 0 Å². The van der Waals surface area contributed by atoms with Gasteiger partial charge in [-0.25, -0.2) is 0 Å². The van der Waals surface area contributed by atoms with Gasteiger partial charge in [-0.3, -0.25) is 9.59 Å². The molecule has 1 N–H and O–H groups in total. The van der Waals surface area contributed by atoms with Crippen LogP contribution in [0.3, 0.4) is 0 Å². The van der Waals surface area contributed by atoms with Crippen LogP contribution < -0.4 is 0 Å². The summed E-state index contributed by atoms with van der Waals surface area (Å²) >= 11 is 0. The van der Waals surface area contributed by atoms with Crippen molar-refractivity contribution in [1.29, 1.82) is 0 Å². The molecule has 3 heteroatoms. The van der Waals surface area contributed by atoms with Crippen LogP contribution in [0.15, 0.2) is 34.9 Å². The zero-order valence-electron chi connectivity index (χ0n) is 14.6. The largest absolute Gasteiger partial charge is 0.381 e. The highest BCUT2D eigenvalue weighted by Gasteiger charge is 2.49. The highest BCUT2D eigenvalue weighted by molar-refractivity contribution is 5.98. The molecule has 0 aromatic heterocycles. The SMILES string of the molecule is CC1=C(CC(C)C)C(=O)CC(C)(C)C1(O)/C=C/C(C)=C\C=O. The minimum atomic E-state index is -1.18. The van der Waals surface area contributed by atoms with Gasteiger partial charge in [0.15, 0.2) is 5.78 Å². The molecule has 0 aromatic rings. The molecular weight excluding hydrogens is 276 g/mol. The second kappa shape index (κ2) is 6.74. The number of hydrogen-bond donors (Lipinski definition) is 1. The van der Waals surface area contributed by atoms with Crippen LogP contribution in [0, 0.1) is 11.3 Å². The van der Waals surface area contributed by atoms with Crippen molar-refractivity contribution in [3.8, 4) is 0 Å². The van der Waals surface area contributed by atoms with Crippen molar-refractivity contribution in [3.63, 3.8) is 0 Å². The topological polar surface area (TPSA) is 54.4 Å². The van der Waals surface area contributed by atoms with E-state index in [1.54, 1.807) is 12.2 Å². The van der Waals surface area contributed by atoms with Crippen LogP contribution in [-0.2, 0) is 9.59 Å². The molecule has 0 saturated carbocycles. The zero-order chi connectivity index (χ0) is 17.1. The molecule has 0 spiro atoms. The van der Waals surface area contributed by atoms with E-state index < -0.39 is 11.0 Å². The Morgan fingerprint density at radius 1 is 1.36 bits per heavy atom. The first kappa shape index (κ1) is 18.6. The maximum absolute atomic E-state index is 12.4. The fourth-order valence-corrected chi connectivity index (χ4v) is 3.03. The summed E-state index contributed by atoms with van der Waals surface area (Å²) in [6.45, 7) is 11.6. The van der Waals surface area contributed by atoms with Crippen LogP contribution in [-0.4, -0.2) is 22.8 Å². The molecule has 0 aliphatic heterocycles. The maximum atomic E-state index is 12.4. The molecule has 1 unspecified atom stereocenters. The molecule has 22 heavy (non-hydrogen) atoms. The number of aliphatic hydroxyl groups is 1. The standard InChI is InChI=1S/C19H28O3/c1-13(2)11-16-15(4)19(22,9-7-14(3)8-10-20)18(5,6)12-17(16)21/h7-10,13,22H,11-12H2,1-6H3/b9-7+,14-8-. The van der Waals surface area contributed by atoms with Crippen LogP contribution >= 0.6 is 0 Å². The Bertz CT molecular complexity index is 547. The van der Waals surface area contributed by atoms with Gasteiger partial charge in [-0.2, -0.15) is 0 Å². The van der Waals surface area contributed by atoms with Crippen LogP contribution in [0.25, 0.3) is 0 Å². The summed E-state index contributed by atoms with van der Waals surface area (Å²) in [5, 5.41) is 11.3. The van der Waals surface area contributed by atoms with Crippen molar-refractivity contribution in [3.05, 3.63) is 34.9 Å². The molecule has 1 atom stereocenters. The fraction of sp³-hybridized carbons (Fsp3) is 0.579. The molecule has 1 aliphatic rings. The third-order valence-electron chi connectivity index (χ3n) is 4.53. The summed E-state index contributed by atoms with van der Waals surface area (Å²) in [6, 6.07) is 0. The molecule has 0 amide bonds. The van der Waals surface area contributed by atoms with Crippen LogP contribution in [0.2, 0.25) is 0 Å². The molecule has 3 nitrogen and oxygen atoms in total. The first-order chi connectivity index (χ1) is 10.0. The predicted molar refractivity (Wildman–Crippen MR) is 89.5 cm³/mol. The van der Waals surface area contributed by atoms with Gasteiger partial charge in [-0.05, 0) is 55.1 Å². The molecule has 1 rings (SSSR count). The van der Waals surface area contributed by atoms with Crippen molar-refractivity contribution >= 4 is 12.1 Å². The van der Waals surface area contributed by atoms with Crippen molar-refractivity contribution in [2.75, 3.05) is 0 Å². The highest BCUT2D eigenvalue weighted by Crippen LogP contribution is 2.47. The van der Waals surface area contributed by atoms with E-state index in [1.165, 1.54) is 6.08 Å². The smallest absolute Gasteiger partial charge is 0.159 e. The maximum Gasteiger partial charge on any atom is 0.159 e. The van der Waals surface area contributed by atoms with Gasteiger partial charge in [0, 0.05) is 11.8 Å². The minimum absolute atomic E-state index is 0.134. The van der Waals surface area contributed by atoms with Crippen LogP contribution in [0.5, 0.6) is 0 Å². The van der Waals surface area contributed by atoms with Crippen LogP contribution in [0.1, 0.15) is 54.4 Å². The summed E-state index contributed by atoms with van der Waals surface area (Å²) in [5.41, 5.74) is 0.501. The Hall–Kier alpha value is -1.48. The number of aldehydes is 1. The van der Waals surface area contributed by atoms with Crippen molar-refractivity contribution in [2.24, 2.45) is 11.3 Å². The lowest BCUT2D eigenvalue weighted by molar-refractivity contribution is -0.123. The number of hydrogen-bond acceptors (Lipinski definition) is 3. The minimum Gasteiger partial charge on any atom is -0.381 e. The number of carbonyl (C=O) groups is 2. The Morgan fingerprint density at radius 3 is 2.45 bits per heavy atom. The Balaban J connectivity index is 3.38. The number of Topliss-reactive ketones (excluding diaryl/α,β-unsaturated/α-hetero) is 1. The Kier molecular flexibility index (Phi) is 5.69. The third kappa shape index (κ3) is 3.64. The normalized spacial score (nSPS) is 26.2. The highest BCUT2D eigenvalue weighted by atomic mass is 16.3. The lowest BCUT2D eigenvalue weighted by Crippen LogP contribution is -2.49. The van der Waals surface area contributed by atoms with Gasteiger partial charge >= 0.3 is 0 Å². The summed E-state index contributed by atoms with van der Waals surface area (Å²) in [7, 11) is 0. The van der Waals surface area contributed by atoms with Crippen molar-refractivity contribution in [2.45, 2.75) is 60.0 Å². The average molecular weight is 304 g/mol. The fourth-order valence-electron chi connectivity index (χ4n) is 3.03. The van der Waals surface area contributed by atoms with E-state index in [-0.39, 0.29) is 5.78 Å². The summed E-state index contributed by atoms with van der Waals surface area (Å²) in [6.07, 6.45) is 6.66. The lowest BCUT2D eigenvalue weighted by atomic mass is 9.61. The quantitative estimate of drug-likeness (QED) is 0.478. The van der Waals surface area contributed by atoms with Gasteiger partial charge in [0.2, 0.25) is 0 Å². The Morgan fingerprint density at radius 2 is 1.95 bits per heavy atom. The number of ketones is 1. The zero-order valence-corrected chi connectivity index (χ0v) is 14.6. The summed E-state index contributed by atoms with van der Waals surface area (Å²) in [4.78, 5) is 23.0. The Labute approximate surface area is 133 Å². The van der Waals surface area contributed by atoms with E-state index in [1.807, 2.05) is 27.7 Å². The van der Waals surface area contributed by atoms with Crippen LogP contribution in [0.4, 0.5) is 0 Å². The third-order valence-corrected chi connectivity index (χ3v) is 4.53. The van der Waals surface area contributed by atoms with Gasteiger partial charge in [0.25, 0.3) is 0 Å². The lowest BCUT2D eigenvalue weighted by Gasteiger charge is -2.46. The number of carbonyl (C=O) groups excluding carboxylic acids is 2. The average Bonchev–Trinajstić information content (AvgIpc) is 2.39. The van der Waals surface area contributed by atoms with Crippen molar-refractivity contribution in [1.82, 2.24) is 0 Å². The van der Waals surface area contributed by atoms with Gasteiger partial charge in [-0.1, -0.05) is 33.8 Å². The van der Waals surface area contributed by atoms with E-state index in [0.29, 0.717) is 18.8 Å². The van der Waals surface area contributed by atoms with Gasteiger partial charge in [0.05, 0.1) is 0 Å². The van der Waals surface area contributed by atoms with E-state index in [2.05, 4.69) is 13.8 Å². The second-order valence-corrected chi connectivity index (χ2v) is 7.33. The molecular formula is C19H28O3. The summed E-state index contributed by atoms with van der Waals surface area (Å²) < 4.78 is 0. The molecule has 1 aliphatic carbocycles.